The first-order valence-corrected chi connectivity index (χ1v) is 5.02. The summed E-state index contributed by atoms with van der Waals surface area (Å²) in [6.07, 6.45) is 1.79. The lowest BCUT2D eigenvalue weighted by Gasteiger charge is -2.06. The third kappa shape index (κ3) is 1.78. The van der Waals surface area contributed by atoms with E-state index in [9.17, 15) is 0 Å². The molecule has 1 heterocycles. The van der Waals surface area contributed by atoms with E-state index in [0.717, 1.165) is 11.3 Å². The summed E-state index contributed by atoms with van der Waals surface area (Å²) in [5.74, 6) is 0. The molecule has 0 saturated heterocycles. The Kier molecular flexibility index (Phi) is 2.56. The fourth-order valence-electron chi connectivity index (χ4n) is 1.70. The highest BCUT2D eigenvalue weighted by atomic mass is 15.1. The third-order valence-electron chi connectivity index (χ3n) is 2.60. The van der Waals surface area contributed by atoms with Gasteiger partial charge >= 0.3 is 0 Å². The molecule has 1 aromatic heterocycles. The minimum atomic E-state index is 0.513. The smallest absolute Gasteiger partial charge is 0.0697 e. The summed E-state index contributed by atoms with van der Waals surface area (Å²) in [7, 11) is 0. The Balaban J connectivity index is 2.58. The minimum Gasteiger partial charge on any atom is -0.326 e. The van der Waals surface area contributed by atoms with Crippen LogP contribution in [-0.2, 0) is 6.54 Å². The molecule has 0 fully saturated rings. The van der Waals surface area contributed by atoms with Gasteiger partial charge in [0.15, 0.2) is 0 Å². The molecule has 0 radical (unpaired) electrons. The van der Waals surface area contributed by atoms with Gasteiger partial charge in [0.2, 0.25) is 0 Å². The fourth-order valence-corrected chi connectivity index (χ4v) is 1.70. The highest BCUT2D eigenvalue weighted by Gasteiger charge is 2.08. The molecule has 0 aliphatic rings. The van der Waals surface area contributed by atoms with Crippen LogP contribution in [0.2, 0.25) is 0 Å². The van der Waals surface area contributed by atoms with Crippen LogP contribution in [-0.4, -0.2) is 10.2 Å². The van der Waals surface area contributed by atoms with Crippen molar-refractivity contribution in [3.05, 3.63) is 41.1 Å². The zero-order valence-electron chi connectivity index (χ0n) is 9.04. The van der Waals surface area contributed by atoms with E-state index in [-0.39, 0.29) is 0 Å². The Bertz CT molecular complexity index is 471. The van der Waals surface area contributed by atoms with E-state index in [2.05, 4.69) is 42.2 Å². The van der Waals surface area contributed by atoms with Crippen molar-refractivity contribution in [2.24, 2.45) is 5.73 Å². The van der Waals surface area contributed by atoms with Crippen molar-refractivity contribution >= 4 is 0 Å². The Morgan fingerprint density at radius 2 is 2.13 bits per heavy atom. The molecule has 0 atom stereocenters. The van der Waals surface area contributed by atoms with Crippen LogP contribution in [0.5, 0.6) is 0 Å². The molecular formula is C12H15N3. The van der Waals surface area contributed by atoms with Gasteiger partial charge in [0.1, 0.15) is 0 Å². The molecule has 78 valence electrons. The lowest BCUT2D eigenvalue weighted by atomic mass is 10.0. The topological polar surface area (TPSA) is 54.7 Å². The predicted molar refractivity (Wildman–Crippen MR) is 61.4 cm³/mol. The number of hydrogen-bond acceptors (Lipinski definition) is 2. The molecule has 2 aromatic rings. The van der Waals surface area contributed by atoms with E-state index in [4.69, 9.17) is 5.73 Å². The van der Waals surface area contributed by atoms with Crippen LogP contribution in [0.3, 0.4) is 0 Å². The Labute approximate surface area is 89.3 Å². The molecule has 0 aliphatic carbocycles. The van der Waals surface area contributed by atoms with Gasteiger partial charge in [-0.1, -0.05) is 17.7 Å². The molecule has 3 heteroatoms. The zero-order valence-corrected chi connectivity index (χ0v) is 9.04. The molecule has 0 unspecified atom stereocenters. The lowest BCUT2D eigenvalue weighted by molar-refractivity contribution is 1.08. The van der Waals surface area contributed by atoms with E-state index < -0.39 is 0 Å². The summed E-state index contributed by atoms with van der Waals surface area (Å²) in [5, 5.41) is 7.05. The maximum Gasteiger partial charge on any atom is 0.0697 e. The predicted octanol–water partition coefficient (Wildman–Crippen LogP) is 2.15. The molecule has 3 nitrogen and oxygen atoms in total. The van der Waals surface area contributed by atoms with Gasteiger partial charge in [-0.25, -0.2) is 0 Å². The second-order valence-electron chi connectivity index (χ2n) is 3.79. The highest BCUT2D eigenvalue weighted by Crippen LogP contribution is 2.25. The highest BCUT2D eigenvalue weighted by molar-refractivity contribution is 5.67. The molecule has 2 rings (SSSR count). The van der Waals surface area contributed by atoms with E-state index >= 15 is 0 Å². The summed E-state index contributed by atoms with van der Waals surface area (Å²) in [4.78, 5) is 0. The van der Waals surface area contributed by atoms with Crippen LogP contribution in [0, 0.1) is 13.8 Å². The number of benzene rings is 1. The SMILES string of the molecule is Cc1ccc(C)c(-c2[nH]ncc2CN)c1. The number of rotatable bonds is 2. The van der Waals surface area contributed by atoms with E-state index in [1.807, 2.05) is 0 Å². The number of nitrogens with one attached hydrogen (secondary N) is 1. The first-order chi connectivity index (χ1) is 7.22. The van der Waals surface area contributed by atoms with Crippen LogP contribution in [0.15, 0.2) is 24.4 Å². The van der Waals surface area contributed by atoms with Crippen molar-refractivity contribution in [3.63, 3.8) is 0 Å². The maximum atomic E-state index is 5.66. The zero-order chi connectivity index (χ0) is 10.8. The number of aromatic amines is 1. The Hall–Kier alpha value is -1.61. The average molecular weight is 201 g/mol. The van der Waals surface area contributed by atoms with Crippen molar-refractivity contribution in [1.82, 2.24) is 10.2 Å². The van der Waals surface area contributed by atoms with Crippen molar-refractivity contribution in [1.29, 1.82) is 0 Å². The summed E-state index contributed by atoms with van der Waals surface area (Å²) < 4.78 is 0. The normalized spacial score (nSPS) is 10.6. The molecule has 0 bridgehead atoms. The van der Waals surface area contributed by atoms with Crippen molar-refractivity contribution in [2.75, 3.05) is 0 Å². The molecule has 0 amide bonds. The molecule has 3 N–H and O–H groups in total. The van der Waals surface area contributed by atoms with Gasteiger partial charge in [-0.05, 0) is 25.5 Å². The molecular weight excluding hydrogens is 186 g/mol. The summed E-state index contributed by atoms with van der Waals surface area (Å²) in [5.41, 5.74) is 11.4. The molecule has 0 spiro atoms. The molecule has 1 aromatic carbocycles. The van der Waals surface area contributed by atoms with E-state index in [1.54, 1.807) is 6.20 Å². The van der Waals surface area contributed by atoms with Crippen LogP contribution in [0.4, 0.5) is 0 Å². The van der Waals surface area contributed by atoms with Gasteiger partial charge in [-0.2, -0.15) is 5.10 Å². The Morgan fingerprint density at radius 3 is 2.87 bits per heavy atom. The molecule has 15 heavy (non-hydrogen) atoms. The number of H-pyrrole nitrogens is 1. The summed E-state index contributed by atoms with van der Waals surface area (Å²) in [6, 6.07) is 6.38. The number of aryl methyl sites for hydroxylation is 2. The fraction of sp³-hybridized carbons (Fsp3) is 0.250. The van der Waals surface area contributed by atoms with E-state index in [1.165, 1.54) is 16.7 Å². The second kappa shape index (κ2) is 3.87. The van der Waals surface area contributed by atoms with E-state index in [0.29, 0.717) is 6.54 Å². The van der Waals surface area contributed by atoms with Gasteiger partial charge in [-0.3, -0.25) is 5.10 Å². The Morgan fingerprint density at radius 1 is 1.33 bits per heavy atom. The summed E-state index contributed by atoms with van der Waals surface area (Å²) in [6.45, 7) is 4.69. The number of nitrogens with two attached hydrogens (primary N) is 1. The monoisotopic (exact) mass is 201 g/mol. The van der Waals surface area contributed by atoms with Crippen LogP contribution < -0.4 is 5.73 Å². The summed E-state index contributed by atoms with van der Waals surface area (Å²) >= 11 is 0. The number of nitrogens with zero attached hydrogens (tertiary/aromatic N) is 1. The van der Waals surface area contributed by atoms with Crippen LogP contribution >= 0.6 is 0 Å². The van der Waals surface area contributed by atoms with Gasteiger partial charge in [0.25, 0.3) is 0 Å². The van der Waals surface area contributed by atoms with Crippen molar-refractivity contribution in [3.8, 4) is 11.3 Å². The standard InChI is InChI=1S/C12H15N3/c1-8-3-4-9(2)11(5-8)12-10(6-13)7-14-15-12/h3-5,7H,6,13H2,1-2H3,(H,14,15). The first kappa shape index (κ1) is 9.93. The molecule has 0 saturated carbocycles. The average Bonchev–Trinajstić information content (AvgIpc) is 2.69. The van der Waals surface area contributed by atoms with Crippen molar-refractivity contribution < 1.29 is 0 Å². The van der Waals surface area contributed by atoms with Crippen LogP contribution in [0.25, 0.3) is 11.3 Å². The largest absolute Gasteiger partial charge is 0.326 e. The molecule has 0 aliphatic heterocycles. The van der Waals surface area contributed by atoms with Crippen LogP contribution in [0.1, 0.15) is 16.7 Å². The number of aromatic nitrogens is 2. The lowest BCUT2D eigenvalue weighted by Crippen LogP contribution is -1.97. The third-order valence-corrected chi connectivity index (χ3v) is 2.60. The van der Waals surface area contributed by atoms with Gasteiger partial charge in [-0.15, -0.1) is 0 Å². The second-order valence-corrected chi connectivity index (χ2v) is 3.79. The number of hydrogen-bond donors (Lipinski definition) is 2. The van der Waals surface area contributed by atoms with Gasteiger partial charge < -0.3 is 5.73 Å². The quantitative estimate of drug-likeness (QED) is 0.782. The minimum absolute atomic E-state index is 0.513. The van der Waals surface area contributed by atoms with Gasteiger partial charge in [0, 0.05) is 17.7 Å². The van der Waals surface area contributed by atoms with Crippen molar-refractivity contribution in [2.45, 2.75) is 20.4 Å². The maximum absolute atomic E-state index is 5.66. The first-order valence-electron chi connectivity index (χ1n) is 5.02. The van der Waals surface area contributed by atoms with Gasteiger partial charge in [0.05, 0.1) is 11.9 Å².